The van der Waals surface area contributed by atoms with Gasteiger partial charge in [-0.05, 0) is 26.2 Å². The Morgan fingerprint density at radius 2 is 2.19 bits per heavy atom. The Morgan fingerprint density at radius 3 is 2.71 bits per heavy atom. The number of hydrogen-bond acceptors (Lipinski definition) is 3. The second kappa shape index (κ2) is 6.97. The summed E-state index contributed by atoms with van der Waals surface area (Å²) in [5.41, 5.74) is 0.239. The summed E-state index contributed by atoms with van der Waals surface area (Å²) in [6.45, 7) is 14.0. The molecule has 0 bridgehead atoms. The van der Waals surface area contributed by atoms with Crippen molar-refractivity contribution < 1.29 is 4.74 Å². The molecule has 2 aliphatic heterocycles. The van der Waals surface area contributed by atoms with Crippen LogP contribution in [0.1, 0.15) is 34.1 Å². The maximum absolute atomic E-state index is 5.51. The van der Waals surface area contributed by atoms with E-state index in [2.05, 4.69) is 48.2 Å². The molecule has 2 saturated heterocycles. The van der Waals surface area contributed by atoms with Gasteiger partial charge in [-0.3, -0.25) is 9.89 Å². The van der Waals surface area contributed by atoms with Gasteiger partial charge in [-0.1, -0.05) is 13.8 Å². The van der Waals surface area contributed by atoms with Gasteiger partial charge in [0.15, 0.2) is 5.96 Å². The molecular weight excluding hydrogens is 264 g/mol. The van der Waals surface area contributed by atoms with Gasteiger partial charge in [0.1, 0.15) is 0 Å². The Balaban J connectivity index is 1.82. The highest BCUT2D eigenvalue weighted by Crippen LogP contribution is 2.26. The van der Waals surface area contributed by atoms with Crippen molar-refractivity contribution >= 4 is 5.96 Å². The highest BCUT2D eigenvalue weighted by atomic mass is 16.5. The van der Waals surface area contributed by atoms with E-state index in [0.717, 1.165) is 45.2 Å². The van der Waals surface area contributed by atoms with E-state index in [-0.39, 0.29) is 5.41 Å². The Morgan fingerprint density at radius 1 is 1.43 bits per heavy atom. The molecule has 0 aromatic rings. The normalized spacial score (nSPS) is 34.7. The first-order chi connectivity index (χ1) is 9.93. The zero-order valence-electron chi connectivity index (χ0n) is 14.3. The standard InChI is InChI=1S/C16H32N4O/c1-12(2)20-8-13(3)14(9-20)19-15(17-5)18-10-16(4)6-7-21-11-16/h12-14H,6-11H2,1-5H3,(H2,17,18,19). The van der Waals surface area contributed by atoms with Crippen molar-refractivity contribution in [1.29, 1.82) is 0 Å². The number of nitrogens with one attached hydrogen (secondary N) is 2. The summed E-state index contributed by atoms with van der Waals surface area (Å²) >= 11 is 0. The van der Waals surface area contributed by atoms with E-state index in [1.165, 1.54) is 0 Å². The van der Waals surface area contributed by atoms with Crippen molar-refractivity contribution in [2.45, 2.75) is 46.2 Å². The molecule has 3 atom stereocenters. The molecule has 2 aliphatic rings. The lowest BCUT2D eigenvalue weighted by Crippen LogP contribution is -2.49. The Kier molecular flexibility index (Phi) is 5.49. The third kappa shape index (κ3) is 4.33. The minimum atomic E-state index is 0.239. The summed E-state index contributed by atoms with van der Waals surface area (Å²) in [5.74, 6) is 1.57. The second-order valence-electron chi connectivity index (χ2n) is 7.31. The van der Waals surface area contributed by atoms with Crippen molar-refractivity contribution in [3.05, 3.63) is 0 Å². The lowest BCUT2D eigenvalue weighted by Gasteiger charge is -2.26. The van der Waals surface area contributed by atoms with Gasteiger partial charge in [-0.2, -0.15) is 0 Å². The van der Waals surface area contributed by atoms with Crippen LogP contribution in [0.4, 0.5) is 0 Å². The molecule has 5 heteroatoms. The average molecular weight is 296 g/mol. The Hall–Kier alpha value is -0.810. The largest absolute Gasteiger partial charge is 0.381 e. The lowest BCUT2D eigenvalue weighted by molar-refractivity contribution is 0.160. The first-order valence-corrected chi connectivity index (χ1v) is 8.22. The van der Waals surface area contributed by atoms with E-state index in [0.29, 0.717) is 18.0 Å². The molecule has 2 rings (SSSR count). The van der Waals surface area contributed by atoms with Gasteiger partial charge in [-0.25, -0.2) is 0 Å². The smallest absolute Gasteiger partial charge is 0.191 e. The first kappa shape index (κ1) is 16.6. The van der Waals surface area contributed by atoms with Gasteiger partial charge >= 0.3 is 0 Å². The number of nitrogens with zero attached hydrogens (tertiary/aromatic N) is 2. The first-order valence-electron chi connectivity index (χ1n) is 8.22. The third-order valence-electron chi connectivity index (χ3n) is 4.90. The van der Waals surface area contributed by atoms with E-state index in [1.807, 2.05) is 7.05 Å². The molecule has 2 fully saturated rings. The van der Waals surface area contributed by atoms with Crippen LogP contribution in [0.25, 0.3) is 0 Å². The molecular formula is C16H32N4O. The van der Waals surface area contributed by atoms with Crippen LogP contribution in [0, 0.1) is 11.3 Å². The van der Waals surface area contributed by atoms with E-state index in [1.54, 1.807) is 0 Å². The lowest BCUT2D eigenvalue weighted by atomic mass is 9.90. The molecule has 0 aliphatic carbocycles. The number of rotatable bonds is 4. The third-order valence-corrected chi connectivity index (χ3v) is 4.90. The molecule has 122 valence electrons. The zero-order valence-corrected chi connectivity index (χ0v) is 14.3. The average Bonchev–Trinajstić information content (AvgIpc) is 3.02. The van der Waals surface area contributed by atoms with Crippen LogP contribution in [-0.4, -0.2) is 62.8 Å². The van der Waals surface area contributed by atoms with Gasteiger partial charge in [0.2, 0.25) is 0 Å². The number of ether oxygens (including phenoxy) is 1. The molecule has 0 amide bonds. The van der Waals surface area contributed by atoms with Crippen LogP contribution in [0.15, 0.2) is 4.99 Å². The maximum atomic E-state index is 5.51. The van der Waals surface area contributed by atoms with Gasteiger partial charge in [0.25, 0.3) is 0 Å². The van der Waals surface area contributed by atoms with Crippen molar-refractivity contribution in [2.75, 3.05) is 39.9 Å². The maximum Gasteiger partial charge on any atom is 0.191 e. The second-order valence-corrected chi connectivity index (χ2v) is 7.31. The highest BCUT2D eigenvalue weighted by Gasteiger charge is 2.33. The molecule has 3 unspecified atom stereocenters. The predicted molar refractivity (Wildman–Crippen MR) is 87.7 cm³/mol. The number of hydrogen-bond donors (Lipinski definition) is 2. The molecule has 21 heavy (non-hydrogen) atoms. The monoisotopic (exact) mass is 296 g/mol. The fourth-order valence-corrected chi connectivity index (χ4v) is 3.13. The van der Waals surface area contributed by atoms with Crippen LogP contribution in [-0.2, 0) is 4.74 Å². The van der Waals surface area contributed by atoms with Gasteiger partial charge in [0.05, 0.1) is 6.61 Å². The molecule has 0 aromatic heterocycles. The topological polar surface area (TPSA) is 48.9 Å². The SMILES string of the molecule is CN=C(NCC1(C)CCOC1)NC1CN(C(C)C)CC1C. The molecule has 2 N–H and O–H groups in total. The van der Waals surface area contributed by atoms with Gasteiger partial charge in [0, 0.05) is 50.8 Å². The van der Waals surface area contributed by atoms with Crippen LogP contribution >= 0.6 is 0 Å². The minimum Gasteiger partial charge on any atom is -0.381 e. The van der Waals surface area contributed by atoms with Gasteiger partial charge in [-0.15, -0.1) is 0 Å². The van der Waals surface area contributed by atoms with E-state index >= 15 is 0 Å². The fourth-order valence-electron chi connectivity index (χ4n) is 3.13. The molecule has 0 spiro atoms. The zero-order chi connectivity index (χ0) is 15.5. The van der Waals surface area contributed by atoms with Crippen LogP contribution in [0.5, 0.6) is 0 Å². The van der Waals surface area contributed by atoms with Crippen molar-refractivity contribution in [3.63, 3.8) is 0 Å². The minimum absolute atomic E-state index is 0.239. The summed E-state index contributed by atoms with van der Waals surface area (Å²) < 4.78 is 5.51. The molecule has 5 nitrogen and oxygen atoms in total. The number of likely N-dealkylation sites (tertiary alicyclic amines) is 1. The molecule has 0 aromatic carbocycles. The number of aliphatic imine (C=N–C) groups is 1. The summed E-state index contributed by atoms with van der Waals surface area (Å²) in [5, 5.41) is 7.08. The summed E-state index contributed by atoms with van der Waals surface area (Å²) in [7, 11) is 1.85. The van der Waals surface area contributed by atoms with Crippen LogP contribution < -0.4 is 10.6 Å². The Bertz CT molecular complexity index is 363. The summed E-state index contributed by atoms with van der Waals surface area (Å²) in [4.78, 5) is 6.91. The van der Waals surface area contributed by atoms with Crippen LogP contribution in [0.2, 0.25) is 0 Å². The number of guanidine groups is 1. The van der Waals surface area contributed by atoms with E-state index < -0.39 is 0 Å². The molecule has 2 heterocycles. The quantitative estimate of drug-likeness (QED) is 0.606. The molecule has 0 radical (unpaired) electrons. The van der Waals surface area contributed by atoms with E-state index in [4.69, 9.17) is 4.74 Å². The summed E-state index contributed by atoms with van der Waals surface area (Å²) in [6.07, 6.45) is 1.12. The fraction of sp³-hybridized carbons (Fsp3) is 0.938. The highest BCUT2D eigenvalue weighted by molar-refractivity contribution is 5.80. The van der Waals surface area contributed by atoms with Crippen molar-refractivity contribution in [1.82, 2.24) is 15.5 Å². The Labute approximate surface area is 129 Å². The van der Waals surface area contributed by atoms with Crippen molar-refractivity contribution in [3.8, 4) is 0 Å². The van der Waals surface area contributed by atoms with E-state index in [9.17, 15) is 0 Å². The van der Waals surface area contributed by atoms with Crippen LogP contribution in [0.3, 0.4) is 0 Å². The van der Waals surface area contributed by atoms with Crippen molar-refractivity contribution in [2.24, 2.45) is 16.3 Å². The predicted octanol–water partition coefficient (Wildman–Crippen LogP) is 1.31. The molecule has 0 saturated carbocycles. The van der Waals surface area contributed by atoms with Gasteiger partial charge < -0.3 is 15.4 Å². The summed E-state index contributed by atoms with van der Waals surface area (Å²) in [6, 6.07) is 1.09.